The van der Waals surface area contributed by atoms with Gasteiger partial charge in [0.25, 0.3) is 15.9 Å². The summed E-state index contributed by atoms with van der Waals surface area (Å²) in [5, 5.41) is 2.93. The van der Waals surface area contributed by atoms with E-state index in [0.29, 0.717) is 24.0 Å². The second-order valence-electron chi connectivity index (χ2n) is 8.03. The molecule has 0 aliphatic carbocycles. The molecular weight excluding hydrogens is 386 g/mol. The minimum Gasteiger partial charge on any atom is -0.328 e. The molecule has 1 amide bonds. The molecule has 2 aromatic rings. The molecule has 0 radical (unpaired) electrons. The van der Waals surface area contributed by atoms with Crippen molar-refractivity contribution < 1.29 is 13.2 Å². The predicted octanol–water partition coefficient (Wildman–Crippen LogP) is 4.45. The van der Waals surface area contributed by atoms with E-state index < -0.39 is 10.0 Å². The van der Waals surface area contributed by atoms with Gasteiger partial charge in [-0.25, -0.2) is 0 Å². The molecule has 1 N–H and O–H groups in total. The molecule has 1 heterocycles. The number of anilines is 2. The molecule has 0 spiro atoms. The van der Waals surface area contributed by atoms with E-state index in [4.69, 9.17) is 0 Å². The summed E-state index contributed by atoms with van der Waals surface area (Å²) < 4.78 is 29.2. The van der Waals surface area contributed by atoms with Crippen LogP contribution in [0.5, 0.6) is 0 Å². The SMILES string of the molecule is CC1=NS(=O)(=O)c2cc(C(=O)Nc3c(C)cc(C)cc3C)ccc2N1CC(C)C. The Morgan fingerprint density at radius 1 is 1.07 bits per heavy atom. The third-order valence-corrected chi connectivity index (χ3v) is 6.28. The summed E-state index contributed by atoms with van der Waals surface area (Å²) in [5.74, 6) is 0.415. The van der Waals surface area contributed by atoms with Crippen LogP contribution >= 0.6 is 0 Å². The summed E-state index contributed by atoms with van der Waals surface area (Å²) in [6, 6.07) is 8.77. The van der Waals surface area contributed by atoms with Crippen LogP contribution in [0.1, 0.15) is 47.8 Å². The van der Waals surface area contributed by atoms with Crippen LogP contribution in [0.4, 0.5) is 11.4 Å². The van der Waals surface area contributed by atoms with Crippen LogP contribution in [-0.2, 0) is 10.0 Å². The summed E-state index contributed by atoms with van der Waals surface area (Å²) >= 11 is 0. The number of nitrogens with one attached hydrogen (secondary N) is 1. The number of aryl methyl sites for hydroxylation is 3. The lowest BCUT2D eigenvalue weighted by molar-refractivity contribution is 0.102. The van der Waals surface area contributed by atoms with Gasteiger partial charge >= 0.3 is 0 Å². The smallest absolute Gasteiger partial charge is 0.286 e. The molecule has 0 aromatic heterocycles. The van der Waals surface area contributed by atoms with Gasteiger partial charge in [-0.2, -0.15) is 8.42 Å². The number of fused-ring (bicyclic) bond motifs is 1. The number of amidine groups is 1. The van der Waals surface area contributed by atoms with E-state index in [1.807, 2.05) is 37.8 Å². The number of rotatable bonds is 4. The van der Waals surface area contributed by atoms with Crippen LogP contribution in [0, 0.1) is 26.7 Å². The molecule has 0 fully saturated rings. The average molecular weight is 414 g/mol. The molecule has 154 valence electrons. The molecule has 2 aromatic carbocycles. The van der Waals surface area contributed by atoms with Gasteiger partial charge in [0, 0.05) is 17.8 Å². The van der Waals surface area contributed by atoms with E-state index in [-0.39, 0.29) is 16.4 Å². The Morgan fingerprint density at radius 2 is 1.69 bits per heavy atom. The summed E-state index contributed by atoms with van der Waals surface area (Å²) in [6.07, 6.45) is 0. The van der Waals surface area contributed by atoms with E-state index in [9.17, 15) is 13.2 Å². The third kappa shape index (κ3) is 4.19. The van der Waals surface area contributed by atoms with Crippen LogP contribution in [0.15, 0.2) is 39.6 Å². The van der Waals surface area contributed by atoms with E-state index in [2.05, 4.69) is 23.6 Å². The molecule has 1 aliphatic heterocycles. The molecule has 0 atom stereocenters. The fourth-order valence-electron chi connectivity index (χ4n) is 3.69. The fraction of sp³-hybridized carbons (Fsp3) is 0.364. The molecule has 0 unspecified atom stereocenters. The average Bonchev–Trinajstić information content (AvgIpc) is 2.60. The Kier molecular flexibility index (Phi) is 5.54. The Bertz CT molecular complexity index is 1100. The Morgan fingerprint density at radius 3 is 2.28 bits per heavy atom. The molecule has 3 rings (SSSR count). The van der Waals surface area contributed by atoms with Crippen LogP contribution in [-0.4, -0.2) is 26.7 Å². The first kappa shape index (κ1) is 21.0. The van der Waals surface area contributed by atoms with Crippen LogP contribution in [0.2, 0.25) is 0 Å². The van der Waals surface area contributed by atoms with Gasteiger partial charge in [0.05, 0.1) is 5.69 Å². The highest BCUT2D eigenvalue weighted by atomic mass is 32.2. The first-order chi connectivity index (χ1) is 13.5. The molecule has 29 heavy (non-hydrogen) atoms. The second kappa shape index (κ2) is 7.63. The lowest BCUT2D eigenvalue weighted by Crippen LogP contribution is -2.36. The maximum atomic E-state index is 12.9. The first-order valence-electron chi connectivity index (χ1n) is 9.62. The van der Waals surface area contributed by atoms with Gasteiger partial charge in [-0.05, 0) is 62.9 Å². The molecule has 6 nitrogen and oxygen atoms in total. The van der Waals surface area contributed by atoms with Crippen molar-refractivity contribution in [3.8, 4) is 0 Å². The highest BCUT2D eigenvalue weighted by Gasteiger charge is 2.30. The van der Waals surface area contributed by atoms with Gasteiger partial charge < -0.3 is 10.2 Å². The van der Waals surface area contributed by atoms with E-state index >= 15 is 0 Å². The van der Waals surface area contributed by atoms with Gasteiger partial charge in [-0.15, -0.1) is 4.40 Å². The quantitative estimate of drug-likeness (QED) is 0.803. The topological polar surface area (TPSA) is 78.8 Å². The normalized spacial score (nSPS) is 15.1. The van der Waals surface area contributed by atoms with Crippen LogP contribution in [0.3, 0.4) is 0 Å². The van der Waals surface area contributed by atoms with Crippen molar-refractivity contribution in [2.45, 2.75) is 46.4 Å². The molecule has 7 heteroatoms. The third-order valence-electron chi connectivity index (χ3n) is 4.90. The molecule has 0 saturated carbocycles. The number of hydrogen-bond acceptors (Lipinski definition) is 4. The number of amides is 1. The number of carbonyl (C=O) groups is 1. The zero-order valence-electron chi connectivity index (χ0n) is 17.7. The molecule has 0 bridgehead atoms. The van der Waals surface area contributed by atoms with Crippen LogP contribution < -0.4 is 10.2 Å². The second-order valence-corrected chi connectivity index (χ2v) is 9.60. The predicted molar refractivity (Wildman–Crippen MR) is 118 cm³/mol. The Hall–Kier alpha value is -2.67. The Labute approximate surface area is 172 Å². The number of carbonyl (C=O) groups excluding carboxylic acids is 1. The van der Waals surface area contributed by atoms with Crippen molar-refractivity contribution in [2.75, 3.05) is 16.8 Å². The molecule has 1 aliphatic rings. The van der Waals surface area contributed by atoms with Gasteiger partial charge in [-0.3, -0.25) is 4.79 Å². The largest absolute Gasteiger partial charge is 0.328 e. The standard InChI is InChI=1S/C22H27N3O3S/c1-13(2)12-25-17(6)24-29(27,28)20-11-18(7-8-19(20)25)22(26)23-21-15(4)9-14(3)10-16(21)5/h7-11,13H,12H2,1-6H3,(H,23,26). The minimum atomic E-state index is -3.84. The Balaban J connectivity index is 2.00. The fourth-order valence-corrected chi connectivity index (χ4v) is 4.95. The van der Waals surface area contributed by atoms with Gasteiger partial charge in [0.15, 0.2) is 0 Å². The number of sulfonamides is 1. The highest BCUT2D eigenvalue weighted by Crippen LogP contribution is 2.33. The van der Waals surface area contributed by atoms with Crippen molar-refractivity contribution in [1.29, 1.82) is 0 Å². The lowest BCUT2D eigenvalue weighted by Gasteiger charge is -2.31. The lowest BCUT2D eigenvalue weighted by atomic mass is 10.0. The van der Waals surface area contributed by atoms with Crippen molar-refractivity contribution in [2.24, 2.45) is 10.3 Å². The maximum absolute atomic E-state index is 12.9. The summed E-state index contributed by atoms with van der Waals surface area (Å²) in [5.41, 5.74) is 4.64. The van der Waals surface area contributed by atoms with Gasteiger partial charge in [-0.1, -0.05) is 31.5 Å². The van der Waals surface area contributed by atoms with Gasteiger partial charge in [0.2, 0.25) is 0 Å². The minimum absolute atomic E-state index is 0.0637. The van der Waals surface area contributed by atoms with E-state index in [1.54, 1.807) is 19.1 Å². The van der Waals surface area contributed by atoms with E-state index in [1.165, 1.54) is 6.07 Å². The maximum Gasteiger partial charge on any atom is 0.286 e. The van der Waals surface area contributed by atoms with Crippen molar-refractivity contribution >= 4 is 33.1 Å². The zero-order chi connectivity index (χ0) is 21.5. The van der Waals surface area contributed by atoms with Crippen molar-refractivity contribution in [3.05, 3.63) is 52.6 Å². The number of nitrogens with zero attached hydrogens (tertiary/aromatic N) is 2. The zero-order valence-corrected chi connectivity index (χ0v) is 18.5. The first-order valence-corrected chi connectivity index (χ1v) is 11.1. The monoisotopic (exact) mass is 413 g/mol. The van der Waals surface area contributed by atoms with Crippen molar-refractivity contribution in [1.82, 2.24) is 0 Å². The van der Waals surface area contributed by atoms with E-state index in [0.717, 1.165) is 22.4 Å². The molecule has 0 saturated heterocycles. The van der Waals surface area contributed by atoms with Gasteiger partial charge in [0.1, 0.15) is 10.7 Å². The molecular formula is C22H27N3O3S. The summed E-state index contributed by atoms with van der Waals surface area (Å²) in [7, 11) is -3.84. The summed E-state index contributed by atoms with van der Waals surface area (Å²) in [4.78, 5) is 14.8. The highest BCUT2D eigenvalue weighted by molar-refractivity contribution is 7.90. The number of benzene rings is 2. The van der Waals surface area contributed by atoms with Crippen LogP contribution in [0.25, 0.3) is 0 Å². The van der Waals surface area contributed by atoms with Crippen molar-refractivity contribution in [3.63, 3.8) is 0 Å². The summed E-state index contributed by atoms with van der Waals surface area (Å²) in [6.45, 7) is 12.3. The number of hydrogen-bond donors (Lipinski definition) is 1.